The summed E-state index contributed by atoms with van der Waals surface area (Å²) in [5, 5.41) is 15.4. The van der Waals surface area contributed by atoms with Crippen LogP contribution in [0.25, 0.3) is 0 Å². The van der Waals surface area contributed by atoms with Crippen molar-refractivity contribution in [2.45, 2.75) is 44.4 Å². The SMILES string of the molecule is C=CCn1c(SCC(=O)Nc2ccc(I)cc2C(C)C)nnc1[C@@H](C)NC(=O)c1ccccc1Cl. The molecule has 2 aromatic carbocycles. The van der Waals surface area contributed by atoms with Gasteiger partial charge in [-0.1, -0.05) is 55.4 Å². The fraction of sp³-hybridized carbons (Fsp3) is 0.280. The van der Waals surface area contributed by atoms with Gasteiger partial charge in [-0.15, -0.1) is 16.8 Å². The Kier molecular flexibility index (Phi) is 9.76. The van der Waals surface area contributed by atoms with Crippen molar-refractivity contribution in [3.05, 3.63) is 80.7 Å². The number of halogens is 2. The standard InChI is InChI=1S/C25H27ClIN5O2S/c1-5-12-32-23(16(4)28-24(34)18-8-6-7-9-20(18)26)30-31-25(32)35-14-22(33)29-21-11-10-17(27)13-19(21)15(2)3/h5-11,13,15-16H,1,12,14H2,2-4H3,(H,28,34)(H,29,33)/t16-/m1/s1. The van der Waals surface area contributed by atoms with E-state index in [9.17, 15) is 9.59 Å². The molecule has 1 heterocycles. The molecule has 0 aliphatic carbocycles. The molecule has 2 N–H and O–H groups in total. The zero-order chi connectivity index (χ0) is 25.5. The number of hydrogen-bond donors (Lipinski definition) is 2. The van der Waals surface area contributed by atoms with Crippen LogP contribution in [0.4, 0.5) is 5.69 Å². The van der Waals surface area contributed by atoms with Crippen molar-refractivity contribution < 1.29 is 9.59 Å². The number of hydrogen-bond acceptors (Lipinski definition) is 5. The van der Waals surface area contributed by atoms with Crippen molar-refractivity contribution >= 4 is 63.5 Å². The van der Waals surface area contributed by atoms with E-state index in [1.54, 1.807) is 30.3 Å². The van der Waals surface area contributed by atoms with E-state index in [1.807, 2.05) is 23.6 Å². The van der Waals surface area contributed by atoms with E-state index in [2.05, 4.69) is 69.9 Å². The number of aromatic nitrogens is 3. The second-order valence-electron chi connectivity index (χ2n) is 8.14. The van der Waals surface area contributed by atoms with Crippen molar-refractivity contribution in [3.63, 3.8) is 0 Å². The molecule has 0 saturated carbocycles. The average Bonchev–Trinajstić information content (AvgIpc) is 3.22. The van der Waals surface area contributed by atoms with Gasteiger partial charge in [-0.05, 0) is 71.3 Å². The molecule has 1 atom stereocenters. The van der Waals surface area contributed by atoms with Gasteiger partial charge in [0.05, 0.1) is 22.4 Å². The first-order chi connectivity index (χ1) is 16.7. The maximum atomic E-state index is 12.7. The molecular weight excluding hydrogens is 597 g/mol. The largest absolute Gasteiger partial charge is 0.342 e. The van der Waals surface area contributed by atoms with E-state index in [0.29, 0.717) is 28.1 Å². The molecule has 184 valence electrons. The van der Waals surface area contributed by atoms with Crippen LogP contribution >= 0.6 is 46.0 Å². The Balaban J connectivity index is 1.69. The molecule has 3 aromatic rings. The molecule has 0 bridgehead atoms. The highest BCUT2D eigenvalue weighted by Gasteiger charge is 2.21. The van der Waals surface area contributed by atoms with Crippen LogP contribution in [0.1, 0.15) is 54.5 Å². The van der Waals surface area contributed by atoms with Crippen LogP contribution in [-0.4, -0.2) is 32.3 Å². The average molecular weight is 624 g/mol. The number of carbonyl (C=O) groups excluding carboxylic acids is 2. The minimum atomic E-state index is -0.435. The van der Waals surface area contributed by atoms with Gasteiger partial charge in [0.1, 0.15) is 0 Å². The van der Waals surface area contributed by atoms with Gasteiger partial charge in [0.2, 0.25) is 5.91 Å². The fourth-order valence-corrected chi connectivity index (χ4v) is 4.95. The lowest BCUT2D eigenvalue weighted by Crippen LogP contribution is -2.29. The fourth-order valence-electron chi connectivity index (χ4n) is 3.45. The monoisotopic (exact) mass is 623 g/mol. The summed E-state index contributed by atoms with van der Waals surface area (Å²) in [6.07, 6.45) is 1.72. The molecule has 0 spiro atoms. The number of thioether (sulfide) groups is 1. The Morgan fingerprint density at radius 1 is 1.20 bits per heavy atom. The minimum Gasteiger partial charge on any atom is -0.342 e. The minimum absolute atomic E-state index is 0.132. The molecule has 7 nitrogen and oxygen atoms in total. The summed E-state index contributed by atoms with van der Waals surface area (Å²) in [4.78, 5) is 25.4. The van der Waals surface area contributed by atoms with Gasteiger partial charge in [0, 0.05) is 15.8 Å². The zero-order valence-corrected chi connectivity index (χ0v) is 23.4. The molecule has 0 aliphatic rings. The van der Waals surface area contributed by atoms with Crippen molar-refractivity contribution in [2.24, 2.45) is 0 Å². The van der Waals surface area contributed by atoms with Crippen LogP contribution in [0.15, 0.2) is 60.3 Å². The summed E-state index contributed by atoms with van der Waals surface area (Å²) in [7, 11) is 0. The van der Waals surface area contributed by atoms with Gasteiger partial charge >= 0.3 is 0 Å². The first-order valence-electron chi connectivity index (χ1n) is 11.0. The van der Waals surface area contributed by atoms with Crippen molar-refractivity contribution in [3.8, 4) is 0 Å². The van der Waals surface area contributed by atoms with E-state index in [4.69, 9.17) is 11.6 Å². The number of nitrogens with zero attached hydrogens (tertiary/aromatic N) is 3. The van der Waals surface area contributed by atoms with Gasteiger partial charge < -0.3 is 15.2 Å². The smallest absolute Gasteiger partial charge is 0.253 e. The summed E-state index contributed by atoms with van der Waals surface area (Å²) in [6.45, 7) is 10.3. The quantitative estimate of drug-likeness (QED) is 0.163. The lowest BCUT2D eigenvalue weighted by atomic mass is 10.0. The summed E-state index contributed by atoms with van der Waals surface area (Å²) in [5.41, 5.74) is 2.30. The van der Waals surface area contributed by atoms with E-state index in [-0.39, 0.29) is 23.5 Å². The molecule has 0 saturated heterocycles. The topological polar surface area (TPSA) is 88.9 Å². The van der Waals surface area contributed by atoms with E-state index >= 15 is 0 Å². The lowest BCUT2D eigenvalue weighted by Gasteiger charge is -2.16. The molecule has 0 aliphatic heterocycles. The lowest BCUT2D eigenvalue weighted by molar-refractivity contribution is -0.113. The maximum absolute atomic E-state index is 12.7. The molecule has 3 rings (SSSR count). The van der Waals surface area contributed by atoms with E-state index < -0.39 is 6.04 Å². The Morgan fingerprint density at radius 2 is 1.94 bits per heavy atom. The van der Waals surface area contributed by atoms with Crippen molar-refractivity contribution in [1.82, 2.24) is 20.1 Å². The summed E-state index contributed by atoms with van der Waals surface area (Å²) >= 11 is 9.70. The zero-order valence-electron chi connectivity index (χ0n) is 19.7. The van der Waals surface area contributed by atoms with Gasteiger partial charge in [0.25, 0.3) is 5.91 Å². The van der Waals surface area contributed by atoms with Crippen LogP contribution in [0.5, 0.6) is 0 Å². The normalized spacial score (nSPS) is 11.8. The molecule has 2 amide bonds. The summed E-state index contributed by atoms with van der Waals surface area (Å²) in [6, 6.07) is 12.4. The molecule has 0 unspecified atom stereocenters. The highest BCUT2D eigenvalue weighted by atomic mass is 127. The third-order valence-electron chi connectivity index (χ3n) is 5.15. The van der Waals surface area contributed by atoms with E-state index in [0.717, 1.165) is 14.8 Å². The van der Waals surface area contributed by atoms with Gasteiger partial charge in [-0.2, -0.15) is 0 Å². The van der Waals surface area contributed by atoms with Gasteiger partial charge in [0.15, 0.2) is 11.0 Å². The predicted octanol–water partition coefficient (Wildman–Crippen LogP) is 6.07. The van der Waals surface area contributed by atoms with Crippen molar-refractivity contribution in [2.75, 3.05) is 11.1 Å². The maximum Gasteiger partial charge on any atom is 0.253 e. The molecule has 0 radical (unpaired) electrons. The summed E-state index contributed by atoms with van der Waals surface area (Å²) < 4.78 is 2.96. The third kappa shape index (κ3) is 7.08. The third-order valence-corrected chi connectivity index (χ3v) is 7.12. The number of carbonyl (C=O) groups is 2. The molecule has 0 fully saturated rings. The van der Waals surface area contributed by atoms with Crippen LogP contribution in [0.2, 0.25) is 5.02 Å². The van der Waals surface area contributed by atoms with Gasteiger partial charge in [-0.25, -0.2) is 0 Å². The van der Waals surface area contributed by atoms with Crippen LogP contribution in [0, 0.1) is 3.57 Å². The second kappa shape index (κ2) is 12.5. The van der Waals surface area contributed by atoms with Crippen molar-refractivity contribution in [1.29, 1.82) is 0 Å². The summed E-state index contributed by atoms with van der Waals surface area (Å²) in [5.74, 6) is 0.580. The first kappa shape index (κ1) is 27.2. The Labute approximate surface area is 228 Å². The number of allylic oxidation sites excluding steroid dienone is 1. The molecule has 1 aromatic heterocycles. The highest BCUT2D eigenvalue weighted by molar-refractivity contribution is 14.1. The molecular formula is C25H27ClIN5O2S. The number of nitrogens with one attached hydrogen (secondary N) is 2. The van der Waals surface area contributed by atoms with Crippen LogP contribution in [0.3, 0.4) is 0 Å². The number of rotatable bonds is 10. The Morgan fingerprint density at radius 3 is 2.63 bits per heavy atom. The van der Waals surface area contributed by atoms with E-state index in [1.165, 1.54) is 11.8 Å². The number of amides is 2. The molecule has 10 heteroatoms. The second-order valence-corrected chi connectivity index (χ2v) is 10.7. The van der Waals surface area contributed by atoms with Crippen LogP contribution < -0.4 is 10.6 Å². The Hall–Kier alpha value is -2.37. The number of anilines is 1. The molecule has 35 heavy (non-hydrogen) atoms. The predicted molar refractivity (Wildman–Crippen MR) is 150 cm³/mol. The van der Waals surface area contributed by atoms with Crippen LogP contribution in [-0.2, 0) is 11.3 Å². The number of benzene rings is 2. The van der Waals surface area contributed by atoms with Gasteiger partial charge in [-0.3, -0.25) is 9.59 Å². The highest BCUT2D eigenvalue weighted by Crippen LogP contribution is 2.27. The first-order valence-corrected chi connectivity index (χ1v) is 13.5. The Bertz CT molecular complexity index is 1230.